The van der Waals surface area contributed by atoms with Crippen molar-refractivity contribution < 1.29 is 9.85 Å². The topological polar surface area (TPSA) is 122 Å². The van der Waals surface area contributed by atoms with Gasteiger partial charge in [0, 0.05) is 71.0 Å². The largest absolute Gasteiger partial charge is 0.329 e. The van der Waals surface area contributed by atoms with Gasteiger partial charge in [-0.15, -0.1) is 0 Å². The van der Waals surface area contributed by atoms with E-state index in [0.717, 1.165) is 113 Å². The Morgan fingerprint density at radius 3 is 1.33 bits per heavy atom. The number of hydrogen-bond donors (Lipinski definition) is 0. The molecule has 0 bridgehead atoms. The number of fused-ring (bicyclic) bond motifs is 2. The molecule has 0 saturated carbocycles. The summed E-state index contributed by atoms with van der Waals surface area (Å²) < 4.78 is 5.88. The van der Waals surface area contributed by atoms with E-state index in [0.29, 0.717) is 9.28 Å². The van der Waals surface area contributed by atoms with Gasteiger partial charge in [0.25, 0.3) is 11.4 Å². The molecule has 2 aliphatic carbocycles. The van der Waals surface area contributed by atoms with Gasteiger partial charge in [-0.3, -0.25) is 20.2 Å². The van der Waals surface area contributed by atoms with Crippen LogP contribution in [0.1, 0.15) is 73.9 Å². The van der Waals surface area contributed by atoms with Gasteiger partial charge in [-0.1, -0.05) is 37.3 Å². The molecule has 10 nitrogen and oxygen atoms in total. The standard InChI is InChI=1S/C34H36N6O4S2/c41-39(42)25-17-13-23(14-18-25)31-35-33(45)27-9-3-5-11-29(27)37(31)21-7-1-2-8-22-38-30-12-6-4-10-28(30)34(46)36-32(38)24-15-19-26(20-16-24)40(43)44/h13-20H,1-12,21-22H2. The van der Waals surface area contributed by atoms with Crippen molar-refractivity contribution in [2.75, 3.05) is 0 Å². The number of unbranched alkanes of at least 4 members (excludes halogenated alkanes) is 3. The lowest BCUT2D eigenvalue weighted by atomic mass is 9.96. The van der Waals surface area contributed by atoms with Gasteiger partial charge in [0.05, 0.1) is 9.85 Å². The highest BCUT2D eigenvalue weighted by atomic mass is 32.1. The second-order valence-electron chi connectivity index (χ2n) is 12.1. The van der Waals surface area contributed by atoms with E-state index >= 15 is 0 Å². The van der Waals surface area contributed by atoms with E-state index in [9.17, 15) is 20.2 Å². The first-order chi connectivity index (χ1) is 22.3. The average molecular weight is 657 g/mol. The van der Waals surface area contributed by atoms with Crippen molar-refractivity contribution in [2.24, 2.45) is 0 Å². The SMILES string of the molecule is O=[N+]([O-])c1ccc(-c2nc(=S)c3c(n2CCCCCCn2c(-c4ccc([N+](=O)[O-])cc4)nc(=S)c4c2CCCC4)CCCC3)cc1. The van der Waals surface area contributed by atoms with Crippen molar-refractivity contribution in [3.8, 4) is 22.8 Å². The van der Waals surface area contributed by atoms with E-state index < -0.39 is 0 Å². The Kier molecular flexibility index (Phi) is 9.74. The van der Waals surface area contributed by atoms with Gasteiger partial charge >= 0.3 is 0 Å². The maximum atomic E-state index is 11.2. The Bertz CT molecular complexity index is 1760. The van der Waals surface area contributed by atoms with Crippen molar-refractivity contribution in [1.82, 2.24) is 19.1 Å². The number of rotatable bonds is 11. The quantitative estimate of drug-likeness (QED) is 0.0680. The molecule has 12 heteroatoms. The molecule has 0 amide bonds. The summed E-state index contributed by atoms with van der Waals surface area (Å²) in [5.74, 6) is 1.57. The number of aromatic nitrogens is 4. The molecule has 0 saturated heterocycles. The fraction of sp³-hybridized carbons (Fsp3) is 0.412. The van der Waals surface area contributed by atoms with Gasteiger partial charge in [0.1, 0.15) is 20.9 Å². The Labute approximate surface area is 277 Å². The van der Waals surface area contributed by atoms with Crippen LogP contribution in [0, 0.1) is 29.5 Å². The first kappa shape index (κ1) is 31.8. The van der Waals surface area contributed by atoms with E-state index in [-0.39, 0.29) is 21.2 Å². The lowest BCUT2D eigenvalue weighted by Crippen LogP contribution is -2.19. The van der Waals surface area contributed by atoms with Crippen LogP contribution in [0.15, 0.2) is 48.5 Å². The Morgan fingerprint density at radius 1 is 0.587 bits per heavy atom. The number of nitro groups is 2. The van der Waals surface area contributed by atoms with Crippen molar-refractivity contribution >= 4 is 35.8 Å². The van der Waals surface area contributed by atoms with Crippen molar-refractivity contribution in [2.45, 2.75) is 90.1 Å². The van der Waals surface area contributed by atoms with E-state index in [1.54, 1.807) is 24.3 Å². The Hall–Kier alpha value is -4.16. The molecule has 0 aliphatic heterocycles. The normalized spacial score (nSPS) is 14.0. The minimum absolute atomic E-state index is 0.0558. The summed E-state index contributed by atoms with van der Waals surface area (Å²) in [6, 6.07) is 13.2. The lowest BCUT2D eigenvalue weighted by molar-refractivity contribution is -0.385. The van der Waals surface area contributed by atoms with Gasteiger partial charge < -0.3 is 9.13 Å². The second-order valence-corrected chi connectivity index (χ2v) is 12.8. The smallest absolute Gasteiger partial charge is 0.269 e. The third kappa shape index (κ3) is 6.68. The van der Waals surface area contributed by atoms with Gasteiger partial charge in [0.15, 0.2) is 0 Å². The monoisotopic (exact) mass is 656 g/mol. The molecule has 4 aromatic rings. The van der Waals surface area contributed by atoms with Crippen LogP contribution in [0.25, 0.3) is 22.8 Å². The summed E-state index contributed by atoms with van der Waals surface area (Å²) in [7, 11) is 0. The van der Waals surface area contributed by atoms with Crippen LogP contribution in [0.4, 0.5) is 11.4 Å². The average Bonchev–Trinajstić information content (AvgIpc) is 3.08. The van der Waals surface area contributed by atoms with Gasteiger partial charge in [0.2, 0.25) is 0 Å². The summed E-state index contributed by atoms with van der Waals surface area (Å²) in [5, 5.41) is 22.5. The molecule has 0 N–H and O–H groups in total. The molecule has 2 heterocycles. The van der Waals surface area contributed by atoms with Gasteiger partial charge in [-0.05, 0) is 88.5 Å². The number of nitrogens with zero attached hydrogens (tertiary/aromatic N) is 6. The summed E-state index contributed by atoms with van der Waals surface area (Å²) in [6.45, 7) is 1.61. The van der Waals surface area contributed by atoms with Gasteiger partial charge in [-0.2, -0.15) is 0 Å². The lowest BCUT2D eigenvalue weighted by Gasteiger charge is -2.25. The zero-order valence-corrected chi connectivity index (χ0v) is 27.3. The third-order valence-corrected chi connectivity index (χ3v) is 9.83. The molecule has 2 aromatic carbocycles. The van der Waals surface area contributed by atoms with Crippen molar-refractivity contribution in [3.05, 3.63) is 101 Å². The molecule has 46 heavy (non-hydrogen) atoms. The van der Waals surface area contributed by atoms with E-state index in [1.807, 2.05) is 0 Å². The maximum absolute atomic E-state index is 11.2. The minimum Gasteiger partial charge on any atom is -0.329 e. The van der Waals surface area contributed by atoms with E-state index in [4.69, 9.17) is 34.4 Å². The zero-order valence-electron chi connectivity index (χ0n) is 25.7. The van der Waals surface area contributed by atoms with Crippen LogP contribution >= 0.6 is 24.4 Å². The highest BCUT2D eigenvalue weighted by molar-refractivity contribution is 7.71. The van der Waals surface area contributed by atoms with E-state index in [2.05, 4.69) is 9.13 Å². The van der Waals surface area contributed by atoms with Crippen LogP contribution < -0.4 is 0 Å². The van der Waals surface area contributed by atoms with Crippen LogP contribution in [0.3, 0.4) is 0 Å². The van der Waals surface area contributed by atoms with Crippen molar-refractivity contribution in [3.63, 3.8) is 0 Å². The van der Waals surface area contributed by atoms with Crippen LogP contribution in [-0.2, 0) is 38.8 Å². The third-order valence-electron chi connectivity index (χ3n) is 9.16. The molecule has 238 valence electrons. The molecule has 0 fully saturated rings. The van der Waals surface area contributed by atoms with Crippen LogP contribution in [0.2, 0.25) is 0 Å². The predicted molar refractivity (Wildman–Crippen MR) is 182 cm³/mol. The highest BCUT2D eigenvalue weighted by Gasteiger charge is 2.21. The first-order valence-electron chi connectivity index (χ1n) is 16.1. The van der Waals surface area contributed by atoms with Crippen LogP contribution in [0.5, 0.6) is 0 Å². The minimum atomic E-state index is -0.388. The summed E-state index contributed by atoms with van der Waals surface area (Å²) in [4.78, 5) is 31.4. The highest BCUT2D eigenvalue weighted by Crippen LogP contribution is 2.31. The Balaban J connectivity index is 1.18. The second kappa shape index (κ2) is 14.1. The molecule has 0 unspecified atom stereocenters. The van der Waals surface area contributed by atoms with Gasteiger partial charge in [-0.25, -0.2) is 9.97 Å². The number of nitro benzene ring substituents is 2. The fourth-order valence-electron chi connectivity index (χ4n) is 6.82. The first-order valence-corrected chi connectivity index (χ1v) is 16.9. The molecular formula is C34H36N6O4S2. The van der Waals surface area contributed by atoms with Crippen molar-refractivity contribution in [1.29, 1.82) is 0 Å². The maximum Gasteiger partial charge on any atom is 0.269 e. The molecule has 6 rings (SSSR count). The molecule has 0 spiro atoms. The molecule has 0 atom stereocenters. The summed E-state index contributed by atoms with van der Waals surface area (Å²) >= 11 is 11.4. The molecule has 0 radical (unpaired) electrons. The molecule has 2 aromatic heterocycles. The molecule has 2 aliphatic rings. The summed E-state index contributed by atoms with van der Waals surface area (Å²) in [6.07, 6.45) is 12.2. The number of non-ortho nitro benzene ring substituents is 2. The predicted octanol–water partition coefficient (Wildman–Crippen LogP) is 8.71. The van der Waals surface area contributed by atoms with Crippen LogP contribution in [-0.4, -0.2) is 28.9 Å². The molecular weight excluding hydrogens is 621 g/mol. The summed E-state index contributed by atoms with van der Waals surface area (Å²) in [5.41, 5.74) is 6.63. The fourth-order valence-corrected chi connectivity index (χ4v) is 7.43. The number of benzene rings is 2. The number of hydrogen-bond acceptors (Lipinski definition) is 8. The zero-order chi connectivity index (χ0) is 32.2. The van der Waals surface area contributed by atoms with E-state index in [1.165, 1.54) is 46.8 Å². The Morgan fingerprint density at radius 2 is 0.957 bits per heavy atom.